The van der Waals surface area contributed by atoms with E-state index < -0.39 is 0 Å². The number of hydrogen-bond donors (Lipinski definition) is 1. The summed E-state index contributed by atoms with van der Waals surface area (Å²) in [6.07, 6.45) is 2.21. The molecule has 5 heteroatoms. The van der Waals surface area contributed by atoms with Crippen molar-refractivity contribution in [3.63, 3.8) is 0 Å². The van der Waals surface area contributed by atoms with Crippen LogP contribution in [0.1, 0.15) is 57.6 Å². The van der Waals surface area contributed by atoms with Crippen LogP contribution < -0.4 is 10.1 Å². The van der Waals surface area contributed by atoms with Crippen LogP contribution in [-0.2, 0) is 4.79 Å². The van der Waals surface area contributed by atoms with Gasteiger partial charge in [0.2, 0.25) is 0 Å². The van der Waals surface area contributed by atoms with Crippen molar-refractivity contribution < 1.29 is 9.53 Å². The maximum atomic E-state index is 12.2. The summed E-state index contributed by atoms with van der Waals surface area (Å²) in [6.45, 7) is 10.7. The molecule has 0 radical (unpaired) electrons. The Bertz CT molecular complexity index is 558. The van der Waals surface area contributed by atoms with E-state index in [0.717, 1.165) is 12.2 Å². The summed E-state index contributed by atoms with van der Waals surface area (Å²) in [7, 11) is 0. The third kappa shape index (κ3) is 7.53. The largest absolute Gasteiger partial charge is 0.484 e. The van der Waals surface area contributed by atoms with Crippen LogP contribution in [0.2, 0.25) is 0 Å². The second kappa shape index (κ2) is 8.72. The predicted molar refractivity (Wildman–Crippen MR) is 111 cm³/mol. The normalized spacial score (nSPS) is 16.5. The van der Waals surface area contributed by atoms with Crippen molar-refractivity contribution in [2.24, 2.45) is 5.41 Å². The van der Waals surface area contributed by atoms with Crippen LogP contribution in [0.4, 0.5) is 0 Å². The van der Waals surface area contributed by atoms with Gasteiger partial charge in [-0.15, -0.1) is 23.5 Å². The molecule has 1 aliphatic rings. The topological polar surface area (TPSA) is 38.3 Å². The molecular formula is C20H31NO2S2. The zero-order valence-corrected chi connectivity index (χ0v) is 17.7. The highest BCUT2D eigenvalue weighted by atomic mass is 32.2. The molecule has 0 bridgehead atoms. The molecule has 1 aliphatic heterocycles. The Morgan fingerprint density at radius 2 is 1.72 bits per heavy atom. The van der Waals surface area contributed by atoms with E-state index in [1.165, 1.54) is 23.5 Å². The van der Waals surface area contributed by atoms with Crippen molar-refractivity contribution in [1.82, 2.24) is 5.32 Å². The van der Waals surface area contributed by atoms with Crippen LogP contribution in [0, 0.1) is 5.41 Å². The number of carbonyl (C=O) groups is 1. The molecule has 1 amide bonds. The Balaban J connectivity index is 1.81. The number of hydrogen-bond acceptors (Lipinski definition) is 4. The van der Waals surface area contributed by atoms with Gasteiger partial charge in [-0.1, -0.05) is 32.9 Å². The summed E-state index contributed by atoms with van der Waals surface area (Å²) in [5, 5.41) is 3.08. The Morgan fingerprint density at radius 1 is 1.12 bits per heavy atom. The lowest BCUT2D eigenvalue weighted by atomic mass is 9.82. The Labute approximate surface area is 161 Å². The SMILES string of the molecule is CC(C)(C)CC(C)(C)NC(=O)COc1ccc(C2SCCCS2)cc1. The Hall–Kier alpha value is -0.810. The van der Waals surface area contributed by atoms with E-state index >= 15 is 0 Å². The second-order valence-corrected chi connectivity index (χ2v) is 11.2. The van der Waals surface area contributed by atoms with Gasteiger partial charge in [0.15, 0.2) is 6.61 Å². The van der Waals surface area contributed by atoms with Crippen LogP contribution in [0.5, 0.6) is 5.75 Å². The molecule has 140 valence electrons. The molecule has 1 N–H and O–H groups in total. The predicted octanol–water partition coefficient (Wildman–Crippen LogP) is 5.27. The number of carbonyl (C=O) groups excluding carboxylic acids is 1. The molecule has 1 aromatic carbocycles. The van der Waals surface area contributed by atoms with E-state index in [4.69, 9.17) is 4.74 Å². The van der Waals surface area contributed by atoms with Crippen molar-refractivity contribution in [1.29, 1.82) is 0 Å². The van der Waals surface area contributed by atoms with Gasteiger partial charge in [0.05, 0.1) is 4.58 Å². The molecule has 0 spiro atoms. The molecule has 2 rings (SSSR count). The molecule has 1 fully saturated rings. The summed E-state index contributed by atoms with van der Waals surface area (Å²) in [6, 6.07) is 8.18. The minimum Gasteiger partial charge on any atom is -0.484 e. The molecule has 3 nitrogen and oxygen atoms in total. The van der Waals surface area contributed by atoms with Crippen molar-refractivity contribution >= 4 is 29.4 Å². The first-order valence-electron chi connectivity index (χ1n) is 8.92. The van der Waals surface area contributed by atoms with E-state index in [-0.39, 0.29) is 23.5 Å². The quantitative estimate of drug-likeness (QED) is 0.729. The fourth-order valence-corrected chi connectivity index (χ4v) is 6.23. The molecule has 1 aromatic rings. The van der Waals surface area contributed by atoms with E-state index in [1.807, 2.05) is 35.7 Å². The van der Waals surface area contributed by atoms with Gasteiger partial charge in [-0.05, 0) is 61.3 Å². The first-order valence-corrected chi connectivity index (χ1v) is 11.0. The van der Waals surface area contributed by atoms with Crippen molar-refractivity contribution in [3.8, 4) is 5.75 Å². The molecule has 0 aliphatic carbocycles. The standard InChI is InChI=1S/C20H31NO2S2/c1-19(2,3)14-20(4,5)21-17(22)13-23-16-9-7-15(8-10-16)18-24-11-6-12-25-18/h7-10,18H,6,11-14H2,1-5H3,(H,21,22). The Kier molecular flexibility index (Phi) is 7.15. The summed E-state index contributed by atoms with van der Waals surface area (Å²) in [5.41, 5.74) is 1.26. The zero-order valence-electron chi connectivity index (χ0n) is 16.1. The number of amides is 1. The fraction of sp³-hybridized carbons (Fsp3) is 0.650. The van der Waals surface area contributed by atoms with Gasteiger partial charge >= 0.3 is 0 Å². The van der Waals surface area contributed by atoms with E-state index in [1.54, 1.807) is 0 Å². The Morgan fingerprint density at radius 3 is 2.28 bits per heavy atom. The number of nitrogens with one attached hydrogen (secondary N) is 1. The first kappa shape index (κ1) is 20.5. The summed E-state index contributed by atoms with van der Waals surface area (Å²) < 4.78 is 6.19. The van der Waals surface area contributed by atoms with Gasteiger partial charge in [-0.25, -0.2) is 0 Å². The van der Waals surface area contributed by atoms with Gasteiger partial charge in [-0.2, -0.15) is 0 Å². The lowest BCUT2D eigenvalue weighted by Gasteiger charge is -2.33. The molecule has 0 atom stereocenters. The number of rotatable bonds is 6. The monoisotopic (exact) mass is 381 g/mol. The maximum absolute atomic E-state index is 12.2. The highest BCUT2D eigenvalue weighted by Gasteiger charge is 2.27. The van der Waals surface area contributed by atoms with E-state index in [2.05, 4.69) is 52.1 Å². The van der Waals surface area contributed by atoms with Gasteiger partial charge < -0.3 is 10.1 Å². The smallest absolute Gasteiger partial charge is 0.258 e. The van der Waals surface area contributed by atoms with Gasteiger partial charge in [0.25, 0.3) is 5.91 Å². The number of ether oxygens (including phenoxy) is 1. The second-order valence-electron chi connectivity index (χ2n) is 8.45. The number of thioether (sulfide) groups is 2. The molecule has 1 saturated heterocycles. The lowest BCUT2D eigenvalue weighted by molar-refractivity contribution is -0.125. The molecular weight excluding hydrogens is 350 g/mol. The van der Waals surface area contributed by atoms with Crippen molar-refractivity contribution in [2.45, 2.75) is 57.6 Å². The van der Waals surface area contributed by atoms with Gasteiger partial charge in [-0.3, -0.25) is 4.79 Å². The molecule has 0 saturated carbocycles. The summed E-state index contributed by atoms with van der Waals surface area (Å²) >= 11 is 4.02. The van der Waals surface area contributed by atoms with E-state index in [9.17, 15) is 4.79 Å². The average Bonchev–Trinajstić information content (AvgIpc) is 2.51. The molecule has 1 heterocycles. The minimum absolute atomic E-state index is 0.0554. The van der Waals surface area contributed by atoms with E-state index in [0.29, 0.717) is 4.58 Å². The average molecular weight is 382 g/mol. The lowest BCUT2D eigenvalue weighted by Crippen LogP contribution is -2.47. The summed E-state index contributed by atoms with van der Waals surface area (Å²) in [4.78, 5) is 12.2. The molecule has 0 unspecified atom stereocenters. The van der Waals surface area contributed by atoms with Crippen LogP contribution in [0.3, 0.4) is 0 Å². The third-order valence-electron chi connectivity index (χ3n) is 3.80. The highest BCUT2D eigenvalue weighted by Crippen LogP contribution is 2.43. The van der Waals surface area contributed by atoms with Crippen LogP contribution in [-0.4, -0.2) is 29.6 Å². The van der Waals surface area contributed by atoms with Crippen LogP contribution in [0.25, 0.3) is 0 Å². The third-order valence-corrected chi connectivity index (χ3v) is 6.81. The molecule has 0 aromatic heterocycles. The van der Waals surface area contributed by atoms with Gasteiger partial charge in [0.1, 0.15) is 5.75 Å². The fourth-order valence-electron chi connectivity index (χ4n) is 3.33. The van der Waals surface area contributed by atoms with Crippen LogP contribution >= 0.6 is 23.5 Å². The summed E-state index contributed by atoms with van der Waals surface area (Å²) in [5.74, 6) is 3.15. The van der Waals surface area contributed by atoms with Gasteiger partial charge in [0, 0.05) is 5.54 Å². The zero-order chi connectivity index (χ0) is 18.5. The maximum Gasteiger partial charge on any atom is 0.258 e. The van der Waals surface area contributed by atoms with Crippen molar-refractivity contribution in [3.05, 3.63) is 29.8 Å². The van der Waals surface area contributed by atoms with Crippen LogP contribution in [0.15, 0.2) is 24.3 Å². The first-order chi connectivity index (χ1) is 11.6. The van der Waals surface area contributed by atoms with Crippen molar-refractivity contribution in [2.75, 3.05) is 18.1 Å². The highest BCUT2D eigenvalue weighted by molar-refractivity contribution is 8.16. The number of benzene rings is 1. The molecule has 25 heavy (non-hydrogen) atoms. The minimum atomic E-state index is -0.238.